The van der Waals surface area contributed by atoms with E-state index in [4.69, 9.17) is 4.74 Å². The molecule has 25 heavy (non-hydrogen) atoms. The molecule has 1 heterocycles. The molecule has 3 aromatic rings. The molecule has 0 saturated heterocycles. The van der Waals surface area contributed by atoms with E-state index in [1.54, 1.807) is 49.3 Å². The molecule has 3 rings (SSSR count). The molecule has 0 spiro atoms. The Hall–Kier alpha value is -2.79. The van der Waals surface area contributed by atoms with Crippen LogP contribution >= 0.6 is 11.8 Å². The molecule has 0 aliphatic rings. The first-order chi connectivity index (χ1) is 12.2. The van der Waals surface area contributed by atoms with E-state index in [2.05, 4.69) is 16.4 Å². The molecule has 1 N–H and O–H groups in total. The van der Waals surface area contributed by atoms with E-state index in [0.29, 0.717) is 5.56 Å². The van der Waals surface area contributed by atoms with Crippen molar-refractivity contribution in [1.29, 1.82) is 0 Å². The standard InChI is InChI=1S/C20H18N2O2S/c1-24-18-8-4-16(5-9-18)20(23)22-17-6-10-19(11-7-17)25-14-15-3-2-12-21-13-15/h2-13H,14H2,1H3,(H,22,23). The summed E-state index contributed by atoms with van der Waals surface area (Å²) in [5.74, 6) is 1.45. The van der Waals surface area contributed by atoms with Crippen LogP contribution in [-0.2, 0) is 5.75 Å². The lowest BCUT2D eigenvalue weighted by Crippen LogP contribution is -2.11. The van der Waals surface area contributed by atoms with Crippen LogP contribution < -0.4 is 10.1 Å². The van der Waals surface area contributed by atoms with E-state index in [1.807, 2.05) is 36.5 Å². The largest absolute Gasteiger partial charge is 0.497 e. The average Bonchev–Trinajstić information content (AvgIpc) is 2.68. The molecule has 0 radical (unpaired) electrons. The molecular weight excluding hydrogens is 332 g/mol. The number of nitrogens with one attached hydrogen (secondary N) is 1. The lowest BCUT2D eigenvalue weighted by Gasteiger charge is -2.07. The summed E-state index contributed by atoms with van der Waals surface area (Å²) in [4.78, 5) is 17.5. The van der Waals surface area contributed by atoms with Gasteiger partial charge in [-0.05, 0) is 60.2 Å². The van der Waals surface area contributed by atoms with E-state index in [-0.39, 0.29) is 5.91 Å². The number of amides is 1. The fourth-order valence-electron chi connectivity index (χ4n) is 2.23. The predicted octanol–water partition coefficient (Wildman–Crippen LogP) is 4.63. The highest BCUT2D eigenvalue weighted by atomic mass is 32.2. The van der Waals surface area contributed by atoms with Gasteiger partial charge in [0.2, 0.25) is 0 Å². The number of methoxy groups -OCH3 is 1. The second kappa shape index (κ2) is 8.35. The van der Waals surface area contributed by atoms with Gasteiger partial charge in [-0.15, -0.1) is 11.8 Å². The minimum absolute atomic E-state index is 0.140. The smallest absolute Gasteiger partial charge is 0.255 e. The number of benzene rings is 2. The number of ether oxygens (including phenoxy) is 1. The van der Waals surface area contributed by atoms with E-state index in [1.165, 1.54) is 5.56 Å². The zero-order valence-corrected chi connectivity index (χ0v) is 14.6. The summed E-state index contributed by atoms with van der Waals surface area (Å²) in [7, 11) is 1.60. The first-order valence-electron chi connectivity index (χ1n) is 7.82. The SMILES string of the molecule is COc1ccc(C(=O)Nc2ccc(SCc3cccnc3)cc2)cc1. The van der Waals surface area contributed by atoms with Crippen molar-refractivity contribution in [2.45, 2.75) is 10.6 Å². The highest BCUT2D eigenvalue weighted by Crippen LogP contribution is 2.24. The van der Waals surface area contributed by atoms with Crippen LogP contribution in [0, 0.1) is 0 Å². The highest BCUT2D eigenvalue weighted by Gasteiger charge is 2.06. The number of nitrogens with zero attached hydrogens (tertiary/aromatic N) is 1. The van der Waals surface area contributed by atoms with Crippen molar-refractivity contribution in [3.05, 3.63) is 84.2 Å². The number of carbonyl (C=O) groups is 1. The molecule has 0 unspecified atom stereocenters. The minimum Gasteiger partial charge on any atom is -0.497 e. The van der Waals surface area contributed by atoms with Crippen LogP contribution in [-0.4, -0.2) is 18.0 Å². The van der Waals surface area contributed by atoms with Crippen LogP contribution in [0.2, 0.25) is 0 Å². The Morgan fingerprint density at radius 2 is 1.84 bits per heavy atom. The van der Waals surface area contributed by atoms with Crippen LogP contribution in [0.1, 0.15) is 15.9 Å². The van der Waals surface area contributed by atoms with Crippen molar-refractivity contribution in [2.75, 3.05) is 12.4 Å². The Morgan fingerprint density at radius 3 is 2.48 bits per heavy atom. The highest BCUT2D eigenvalue weighted by molar-refractivity contribution is 7.98. The number of hydrogen-bond acceptors (Lipinski definition) is 4. The molecule has 2 aromatic carbocycles. The van der Waals surface area contributed by atoms with Gasteiger partial charge < -0.3 is 10.1 Å². The van der Waals surface area contributed by atoms with Crippen LogP contribution in [0.25, 0.3) is 0 Å². The Labute approximate surface area is 151 Å². The van der Waals surface area contributed by atoms with Crippen molar-refractivity contribution < 1.29 is 9.53 Å². The summed E-state index contributed by atoms with van der Waals surface area (Å²) in [6, 6.07) is 18.9. The monoisotopic (exact) mass is 350 g/mol. The molecule has 0 atom stereocenters. The maximum Gasteiger partial charge on any atom is 0.255 e. The summed E-state index contributed by atoms with van der Waals surface area (Å²) < 4.78 is 5.10. The zero-order chi connectivity index (χ0) is 17.5. The number of aromatic nitrogens is 1. The van der Waals surface area contributed by atoms with Gasteiger partial charge in [0.25, 0.3) is 5.91 Å². The summed E-state index contributed by atoms with van der Waals surface area (Å²) in [5, 5.41) is 2.90. The van der Waals surface area contributed by atoms with Crippen molar-refractivity contribution in [3.63, 3.8) is 0 Å². The van der Waals surface area contributed by atoms with Crippen molar-refractivity contribution in [1.82, 2.24) is 4.98 Å². The topological polar surface area (TPSA) is 51.2 Å². The van der Waals surface area contributed by atoms with Gasteiger partial charge in [-0.2, -0.15) is 0 Å². The molecule has 1 aromatic heterocycles. The number of thioether (sulfide) groups is 1. The van der Waals surface area contributed by atoms with Gasteiger partial charge in [-0.3, -0.25) is 9.78 Å². The van der Waals surface area contributed by atoms with Crippen molar-refractivity contribution >= 4 is 23.4 Å². The third-order valence-electron chi connectivity index (χ3n) is 3.59. The van der Waals surface area contributed by atoms with E-state index in [9.17, 15) is 4.79 Å². The summed E-state index contributed by atoms with van der Waals surface area (Å²) in [6.07, 6.45) is 3.64. The van der Waals surface area contributed by atoms with Gasteiger partial charge in [0, 0.05) is 34.3 Å². The maximum atomic E-state index is 12.2. The van der Waals surface area contributed by atoms with Gasteiger partial charge in [0.05, 0.1) is 7.11 Å². The van der Waals surface area contributed by atoms with Gasteiger partial charge in [-0.1, -0.05) is 6.07 Å². The molecule has 0 fully saturated rings. The van der Waals surface area contributed by atoms with E-state index < -0.39 is 0 Å². The van der Waals surface area contributed by atoms with E-state index in [0.717, 1.165) is 22.1 Å². The number of pyridine rings is 1. The third-order valence-corrected chi connectivity index (χ3v) is 4.68. The number of hydrogen-bond donors (Lipinski definition) is 1. The van der Waals surface area contributed by atoms with Gasteiger partial charge >= 0.3 is 0 Å². The number of carbonyl (C=O) groups excluding carboxylic acids is 1. The molecule has 5 heteroatoms. The van der Waals surface area contributed by atoms with Crippen molar-refractivity contribution in [2.24, 2.45) is 0 Å². The minimum atomic E-state index is -0.140. The lowest BCUT2D eigenvalue weighted by molar-refractivity contribution is 0.102. The molecular formula is C20H18N2O2S. The lowest BCUT2D eigenvalue weighted by atomic mass is 10.2. The first kappa shape index (κ1) is 17.0. The fraction of sp³-hybridized carbons (Fsp3) is 0.100. The molecule has 1 amide bonds. The summed E-state index contributed by atoms with van der Waals surface area (Å²) >= 11 is 1.73. The van der Waals surface area contributed by atoms with Gasteiger partial charge in [0.1, 0.15) is 5.75 Å². The molecule has 0 saturated carbocycles. The normalized spacial score (nSPS) is 10.3. The van der Waals surface area contributed by atoms with Gasteiger partial charge in [-0.25, -0.2) is 0 Å². The summed E-state index contributed by atoms with van der Waals surface area (Å²) in [5.41, 5.74) is 2.55. The second-order valence-corrected chi connectivity index (χ2v) is 6.41. The van der Waals surface area contributed by atoms with Crippen LogP contribution in [0.15, 0.2) is 78.0 Å². The Bertz CT molecular complexity index is 819. The van der Waals surface area contributed by atoms with E-state index >= 15 is 0 Å². The maximum absolute atomic E-state index is 12.2. The Morgan fingerprint density at radius 1 is 1.08 bits per heavy atom. The Balaban J connectivity index is 1.57. The predicted molar refractivity (Wildman–Crippen MR) is 101 cm³/mol. The molecule has 0 bridgehead atoms. The third kappa shape index (κ3) is 4.84. The average molecular weight is 350 g/mol. The fourth-order valence-corrected chi connectivity index (χ4v) is 3.06. The van der Waals surface area contributed by atoms with Crippen LogP contribution in [0.3, 0.4) is 0 Å². The second-order valence-electron chi connectivity index (χ2n) is 5.36. The van der Waals surface area contributed by atoms with Crippen molar-refractivity contribution in [3.8, 4) is 5.75 Å². The Kier molecular flexibility index (Phi) is 5.69. The first-order valence-corrected chi connectivity index (χ1v) is 8.80. The number of rotatable bonds is 6. The zero-order valence-electron chi connectivity index (χ0n) is 13.8. The molecule has 4 nitrogen and oxygen atoms in total. The molecule has 0 aliphatic heterocycles. The van der Waals surface area contributed by atoms with Crippen LogP contribution in [0.5, 0.6) is 5.75 Å². The molecule has 126 valence electrons. The number of anilines is 1. The van der Waals surface area contributed by atoms with Crippen LogP contribution in [0.4, 0.5) is 5.69 Å². The molecule has 0 aliphatic carbocycles. The van der Waals surface area contributed by atoms with Gasteiger partial charge in [0.15, 0.2) is 0 Å². The summed E-state index contributed by atoms with van der Waals surface area (Å²) in [6.45, 7) is 0. The quantitative estimate of drug-likeness (QED) is 0.658.